The van der Waals surface area contributed by atoms with Gasteiger partial charge in [0.05, 0.1) is 12.2 Å². The number of carboxylic acid groups (broad SMARTS) is 1. The molecule has 106 valence electrons. The first-order valence-electron chi connectivity index (χ1n) is 6.59. The van der Waals surface area contributed by atoms with Crippen molar-refractivity contribution in [1.29, 1.82) is 0 Å². The fourth-order valence-electron chi connectivity index (χ4n) is 2.26. The lowest BCUT2D eigenvalue weighted by atomic mass is 10.2. The van der Waals surface area contributed by atoms with Crippen molar-refractivity contribution in [2.75, 3.05) is 26.2 Å². The van der Waals surface area contributed by atoms with Crippen LogP contribution in [0, 0.1) is 13.8 Å². The van der Waals surface area contributed by atoms with Crippen LogP contribution in [0.3, 0.4) is 0 Å². The number of hydrogen-bond donors (Lipinski definition) is 1. The fourth-order valence-corrected chi connectivity index (χ4v) is 2.26. The molecule has 1 unspecified atom stereocenters. The minimum absolute atomic E-state index is 0.409. The lowest BCUT2D eigenvalue weighted by Crippen LogP contribution is -2.51. The third kappa shape index (κ3) is 3.33. The van der Waals surface area contributed by atoms with Crippen LogP contribution in [0.15, 0.2) is 4.42 Å². The van der Waals surface area contributed by atoms with Crippen LogP contribution >= 0.6 is 0 Å². The molecule has 0 spiro atoms. The molecule has 0 saturated carbocycles. The summed E-state index contributed by atoms with van der Waals surface area (Å²) in [6, 6.07) is -0.409. The number of aromatic nitrogens is 1. The number of piperazine rings is 1. The Morgan fingerprint density at radius 3 is 2.47 bits per heavy atom. The Bertz CT molecular complexity index is 430. The van der Waals surface area contributed by atoms with E-state index >= 15 is 0 Å². The van der Waals surface area contributed by atoms with Gasteiger partial charge in [0.1, 0.15) is 11.8 Å². The molecule has 2 heterocycles. The summed E-state index contributed by atoms with van der Waals surface area (Å²) in [5, 5.41) is 8.99. The second kappa shape index (κ2) is 5.71. The van der Waals surface area contributed by atoms with Gasteiger partial charge in [0, 0.05) is 26.2 Å². The number of oxazole rings is 1. The van der Waals surface area contributed by atoms with E-state index < -0.39 is 12.0 Å². The van der Waals surface area contributed by atoms with E-state index in [1.165, 1.54) is 0 Å². The van der Waals surface area contributed by atoms with E-state index in [2.05, 4.69) is 9.88 Å². The average Bonchev–Trinajstić information content (AvgIpc) is 2.68. The first-order chi connectivity index (χ1) is 8.97. The van der Waals surface area contributed by atoms with Crippen LogP contribution in [-0.4, -0.2) is 58.1 Å². The highest BCUT2D eigenvalue weighted by molar-refractivity contribution is 5.72. The average molecular weight is 267 g/mol. The first-order valence-corrected chi connectivity index (χ1v) is 6.59. The van der Waals surface area contributed by atoms with Crippen LogP contribution in [0.25, 0.3) is 0 Å². The summed E-state index contributed by atoms with van der Waals surface area (Å²) in [6.45, 7) is 9.52. The van der Waals surface area contributed by atoms with Crippen molar-refractivity contribution in [3.8, 4) is 0 Å². The number of rotatable bonds is 4. The summed E-state index contributed by atoms with van der Waals surface area (Å²) in [5.41, 5.74) is 0.938. The Hall–Kier alpha value is -1.40. The number of aryl methyl sites for hydroxylation is 2. The van der Waals surface area contributed by atoms with Crippen LogP contribution in [0.2, 0.25) is 0 Å². The van der Waals surface area contributed by atoms with Gasteiger partial charge in [-0.2, -0.15) is 0 Å². The molecule has 1 aromatic rings. The minimum Gasteiger partial charge on any atom is -0.480 e. The van der Waals surface area contributed by atoms with Gasteiger partial charge in [0.2, 0.25) is 5.89 Å². The molecule has 1 saturated heterocycles. The van der Waals surface area contributed by atoms with Crippen molar-refractivity contribution < 1.29 is 14.3 Å². The Morgan fingerprint density at radius 1 is 1.37 bits per heavy atom. The van der Waals surface area contributed by atoms with Gasteiger partial charge < -0.3 is 9.52 Å². The van der Waals surface area contributed by atoms with Gasteiger partial charge in [-0.05, 0) is 20.8 Å². The predicted molar refractivity (Wildman–Crippen MR) is 69.9 cm³/mol. The number of aliphatic carboxylic acids is 1. The highest BCUT2D eigenvalue weighted by Gasteiger charge is 2.25. The van der Waals surface area contributed by atoms with Gasteiger partial charge in [0.15, 0.2) is 0 Å². The molecule has 2 rings (SSSR count). The van der Waals surface area contributed by atoms with E-state index in [1.54, 1.807) is 6.92 Å². The Morgan fingerprint density at radius 2 is 2.00 bits per heavy atom. The van der Waals surface area contributed by atoms with Gasteiger partial charge in [0.25, 0.3) is 0 Å². The molecule has 0 bridgehead atoms. The van der Waals surface area contributed by atoms with Crippen LogP contribution in [0.1, 0.15) is 24.3 Å². The molecule has 0 radical (unpaired) electrons. The molecule has 0 aliphatic carbocycles. The molecule has 0 amide bonds. The predicted octanol–water partition coefficient (Wildman–Crippen LogP) is 0.882. The molecule has 1 fully saturated rings. The molecule has 0 aromatic carbocycles. The second-order valence-electron chi connectivity index (χ2n) is 5.08. The summed E-state index contributed by atoms with van der Waals surface area (Å²) < 4.78 is 5.57. The molecule has 1 aliphatic rings. The third-order valence-corrected chi connectivity index (χ3v) is 3.74. The number of hydrogen-bond acceptors (Lipinski definition) is 5. The maximum atomic E-state index is 10.9. The highest BCUT2D eigenvalue weighted by Crippen LogP contribution is 2.13. The van der Waals surface area contributed by atoms with E-state index in [0.717, 1.165) is 43.5 Å². The van der Waals surface area contributed by atoms with E-state index in [-0.39, 0.29) is 0 Å². The topological polar surface area (TPSA) is 69.8 Å². The van der Waals surface area contributed by atoms with Crippen molar-refractivity contribution >= 4 is 5.97 Å². The quantitative estimate of drug-likeness (QED) is 0.873. The summed E-state index contributed by atoms with van der Waals surface area (Å²) in [5.74, 6) is 0.857. The van der Waals surface area contributed by atoms with Gasteiger partial charge in [-0.15, -0.1) is 0 Å². The minimum atomic E-state index is -0.757. The number of carbonyl (C=O) groups is 1. The lowest BCUT2D eigenvalue weighted by Gasteiger charge is -2.35. The smallest absolute Gasteiger partial charge is 0.320 e. The van der Waals surface area contributed by atoms with Crippen molar-refractivity contribution in [3.05, 3.63) is 17.3 Å². The van der Waals surface area contributed by atoms with Crippen molar-refractivity contribution in [3.63, 3.8) is 0 Å². The van der Waals surface area contributed by atoms with Gasteiger partial charge in [-0.1, -0.05) is 0 Å². The van der Waals surface area contributed by atoms with Gasteiger partial charge in [-0.25, -0.2) is 4.98 Å². The standard InChI is InChI=1S/C13H21N3O3/c1-9-11(3)19-12(14-9)8-15-4-6-16(7-5-15)10(2)13(17)18/h10H,4-8H2,1-3H3,(H,17,18). The Balaban J connectivity index is 1.85. The molecule has 19 heavy (non-hydrogen) atoms. The van der Waals surface area contributed by atoms with Crippen LogP contribution < -0.4 is 0 Å². The zero-order valence-electron chi connectivity index (χ0n) is 11.7. The SMILES string of the molecule is Cc1nc(CN2CCN(C(C)C(=O)O)CC2)oc1C. The van der Waals surface area contributed by atoms with Gasteiger partial charge in [-0.3, -0.25) is 14.6 Å². The van der Waals surface area contributed by atoms with Crippen LogP contribution in [-0.2, 0) is 11.3 Å². The fraction of sp³-hybridized carbons (Fsp3) is 0.692. The zero-order chi connectivity index (χ0) is 14.0. The van der Waals surface area contributed by atoms with E-state index in [0.29, 0.717) is 6.54 Å². The maximum Gasteiger partial charge on any atom is 0.320 e. The summed E-state index contributed by atoms with van der Waals surface area (Å²) in [4.78, 5) is 19.5. The molecule has 6 nitrogen and oxygen atoms in total. The molecule has 1 atom stereocenters. The molecule has 6 heteroatoms. The third-order valence-electron chi connectivity index (χ3n) is 3.74. The van der Waals surface area contributed by atoms with E-state index in [1.807, 2.05) is 18.7 Å². The largest absolute Gasteiger partial charge is 0.480 e. The molecule has 1 aromatic heterocycles. The normalized spacial score (nSPS) is 19.5. The summed E-state index contributed by atoms with van der Waals surface area (Å²) in [7, 11) is 0. The lowest BCUT2D eigenvalue weighted by molar-refractivity contribution is -0.143. The zero-order valence-corrected chi connectivity index (χ0v) is 11.7. The van der Waals surface area contributed by atoms with Crippen LogP contribution in [0.4, 0.5) is 0 Å². The molecular weight excluding hydrogens is 246 g/mol. The van der Waals surface area contributed by atoms with Crippen molar-refractivity contribution in [2.45, 2.75) is 33.4 Å². The highest BCUT2D eigenvalue weighted by atomic mass is 16.4. The molecule has 1 N–H and O–H groups in total. The van der Waals surface area contributed by atoms with Crippen molar-refractivity contribution in [2.24, 2.45) is 0 Å². The molecule has 1 aliphatic heterocycles. The summed E-state index contributed by atoms with van der Waals surface area (Å²) in [6.07, 6.45) is 0. The number of nitrogens with zero attached hydrogens (tertiary/aromatic N) is 3. The van der Waals surface area contributed by atoms with E-state index in [9.17, 15) is 4.79 Å². The maximum absolute atomic E-state index is 10.9. The first kappa shape index (κ1) is 14.0. The Labute approximate surface area is 113 Å². The Kier molecular flexibility index (Phi) is 4.21. The van der Waals surface area contributed by atoms with Crippen LogP contribution in [0.5, 0.6) is 0 Å². The second-order valence-corrected chi connectivity index (χ2v) is 5.08. The van der Waals surface area contributed by atoms with Crippen molar-refractivity contribution in [1.82, 2.24) is 14.8 Å². The van der Waals surface area contributed by atoms with E-state index in [4.69, 9.17) is 9.52 Å². The monoisotopic (exact) mass is 267 g/mol. The number of carboxylic acids is 1. The van der Waals surface area contributed by atoms with Gasteiger partial charge >= 0.3 is 5.97 Å². The molecular formula is C13H21N3O3. The summed E-state index contributed by atoms with van der Waals surface area (Å²) >= 11 is 0.